The second-order valence-corrected chi connectivity index (χ2v) is 2.81. The topological polar surface area (TPSA) is 24.4 Å². The van der Waals surface area contributed by atoms with Crippen molar-refractivity contribution in [2.75, 3.05) is 5.43 Å². The van der Waals surface area contributed by atoms with Crippen LogP contribution in [0.5, 0.6) is 0 Å². The van der Waals surface area contributed by atoms with E-state index in [0.29, 0.717) is 0 Å². The summed E-state index contributed by atoms with van der Waals surface area (Å²) in [7, 11) is 0. The third-order valence-electron chi connectivity index (χ3n) is 1.92. The highest BCUT2D eigenvalue weighted by Crippen LogP contribution is 2.20. The maximum absolute atomic E-state index is 4.05. The van der Waals surface area contributed by atoms with Crippen molar-refractivity contribution in [1.82, 2.24) is 0 Å². The summed E-state index contributed by atoms with van der Waals surface area (Å²) in [6, 6.07) is 8.02. The SMILES string of the molecule is C=CC1=Cc2ccccc2NN=C1. The molecule has 2 nitrogen and oxygen atoms in total. The van der Waals surface area contributed by atoms with E-state index in [2.05, 4.69) is 17.1 Å². The number of allylic oxidation sites excluding steroid dienone is 2. The number of hydrogen-bond acceptors (Lipinski definition) is 2. The molecule has 0 spiro atoms. The first-order valence-corrected chi connectivity index (χ1v) is 4.12. The van der Waals surface area contributed by atoms with Gasteiger partial charge in [-0.2, -0.15) is 5.10 Å². The maximum atomic E-state index is 4.05. The van der Waals surface area contributed by atoms with E-state index in [1.807, 2.05) is 30.3 Å². The van der Waals surface area contributed by atoms with Crippen molar-refractivity contribution >= 4 is 18.0 Å². The molecular formula is C11H10N2. The molecular weight excluding hydrogens is 160 g/mol. The molecule has 0 saturated heterocycles. The molecule has 0 unspecified atom stereocenters. The second-order valence-electron chi connectivity index (χ2n) is 2.81. The standard InChI is InChI=1S/C11H10N2/c1-2-9-7-10-5-3-4-6-11(10)13-12-8-9/h2-8,13H,1H2. The van der Waals surface area contributed by atoms with Crippen LogP contribution in [0.4, 0.5) is 5.69 Å². The molecule has 1 aliphatic rings. The molecule has 0 aromatic heterocycles. The van der Waals surface area contributed by atoms with Crippen LogP contribution in [0, 0.1) is 0 Å². The quantitative estimate of drug-likeness (QED) is 0.688. The molecule has 0 amide bonds. The van der Waals surface area contributed by atoms with Gasteiger partial charge < -0.3 is 0 Å². The lowest BCUT2D eigenvalue weighted by Crippen LogP contribution is -1.88. The highest BCUT2D eigenvalue weighted by Gasteiger charge is 2.00. The third-order valence-corrected chi connectivity index (χ3v) is 1.92. The van der Waals surface area contributed by atoms with Gasteiger partial charge >= 0.3 is 0 Å². The van der Waals surface area contributed by atoms with Gasteiger partial charge in [0.1, 0.15) is 0 Å². The van der Waals surface area contributed by atoms with Crippen LogP contribution in [-0.4, -0.2) is 6.21 Å². The molecule has 0 bridgehead atoms. The Kier molecular flexibility index (Phi) is 1.96. The number of para-hydroxylation sites is 1. The smallest absolute Gasteiger partial charge is 0.0634 e. The fourth-order valence-electron chi connectivity index (χ4n) is 1.23. The van der Waals surface area contributed by atoms with Crippen molar-refractivity contribution in [2.24, 2.45) is 5.10 Å². The third kappa shape index (κ3) is 1.51. The number of nitrogens with zero attached hydrogens (tertiary/aromatic N) is 1. The van der Waals surface area contributed by atoms with E-state index < -0.39 is 0 Å². The highest BCUT2D eigenvalue weighted by molar-refractivity contribution is 5.92. The molecule has 1 aromatic carbocycles. The molecule has 0 atom stereocenters. The lowest BCUT2D eigenvalue weighted by molar-refractivity contribution is 1.35. The number of hydrazone groups is 1. The molecule has 2 heteroatoms. The second kappa shape index (κ2) is 3.27. The Bertz CT molecular complexity index is 389. The predicted molar refractivity (Wildman–Crippen MR) is 56.7 cm³/mol. The van der Waals surface area contributed by atoms with Crippen LogP contribution in [0.3, 0.4) is 0 Å². The van der Waals surface area contributed by atoms with Crippen molar-refractivity contribution in [1.29, 1.82) is 0 Å². The highest BCUT2D eigenvalue weighted by atomic mass is 15.3. The first-order chi connectivity index (χ1) is 6.40. The van der Waals surface area contributed by atoms with E-state index in [9.17, 15) is 0 Å². The normalized spacial score (nSPS) is 13.7. The van der Waals surface area contributed by atoms with Gasteiger partial charge in [-0.3, -0.25) is 5.43 Å². The molecule has 1 aliphatic heterocycles. The maximum Gasteiger partial charge on any atom is 0.0634 e. The molecule has 0 saturated carbocycles. The van der Waals surface area contributed by atoms with Crippen LogP contribution < -0.4 is 5.43 Å². The molecule has 2 rings (SSSR count). The van der Waals surface area contributed by atoms with Crippen LogP contribution >= 0.6 is 0 Å². The molecule has 1 N–H and O–H groups in total. The Balaban J connectivity index is 2.53. The number of anilines is 1. The number of fused-ring (bicyclic) bond motifs is 1. The van der Waals surface area contributed by atoms with Gasteiger partial charge in [-0.05, 0) is 17.7 Å². The molecule has 0 fully saturated rings. The van der Waals surface area contributed by atoms with E-state index in [1.165, 1.54) is 0 Å². The number of rotatable bonds is 1. The monoisotopic (exact) mass is 170 g/mol. The summed E-state index contributed by atoms with van der Waals surface area (Å²) in [4.78, 5) is 0. The van der Waals surface area contributed by atoms with Crippen molar-refractivity contribution in [3.63, 3.8) is 0 Å². The van der Waals surface area contributed by atoms with Crippen molar-refractivity contribution in [2.45, 2.75) is 0 Å². The van der Waals surface area contributed by atoms with Crippen LogP contribution in [0.2, 0.25) is 0 Å². The van der Waals surface area contributed by atoms with E-state index in [-0.39, 0.29) is 0 Å². The van der Waals surface area contributed by atoms with Gasteiger partial charge in [-0.25, -0.2) is 0 Å². The fourth-order valence-corrected chi connectivity index (χ4v) is 1.23. The molecule has 0 aliphatic carbocycles. The zero-order chi connectivity index (χ0) is 9.10. The van der Waals surface area contributed by atoms with Gasteiger partial charge in [-0.15, -0.1) is 0 Å². The van der Waals surface area contributed by atoms with Crippen LogP contribution in [0.1, 0.15) is 5.56 Å². The molecule has 64 valence electrons. The number of nitrogens with one attached hydrogen (secondary N) is 1. The average Bonchev–Trinajstić information content (AvgIpc) is 2.38. The minimum atomic E-state index is 1.01. The van der Waals surface area contributed by atoms with Crippen LogP contribution in [0.15, 0.2) is 47.6 Å². The summed E-state index contributed by atoms with van der Waals surface area (Å²) >= 11 is 0. The summed E-state index contributed by atoms with van der Waals surface area (Å²) in [6.45, 7) is 3.71. The summed E-state index contributed by atoms with van der Waals surface area (Å²) in [5, 5.41) is 4.05. The summed E-state index contributed by atoms with van der Waals surface area (Å²) in [5.41, 5.74) is 6.13. The summed E-state index contributed by atoms with van der Waals surface area (Å²) in [5.74, 6) is 0. The van der Waals surface area contributed by atoms with Gasteiger partial charge in [0, 0.05) is 5.56 Å². The molecule has 1 heterocycles. The summed E-state index contributed by atoms with van der Waals surface area (Å²) in [6.07, 6.45) is 5.59. The molecule has 1 aromatic rings. The summed E-state index contributed by atoms with van der Waals surface area (Å²) < 4.78 is 0. The number of hydrogen-bond donors (Lipinski definition) is 1. The minimum absolute atomic E-state index is 1.01. The van der Waals surface area contributed by atoms with Gasteiger partial charge in [0.2, 0.25) is 0 Å². The zero-order valence-corrected chi connectivity index (χ0v) is 7.20. The Labute approximate surface area is 77.3 Å². The van der Waals surface area contributed by atoms with Crippen LogP contribution in [-0.2, 0) is 0 Å². The number of benzene rings is 1. The van der Waals surface area contributed by atoms with Crippen LogP contribution in [0.25, 0.3) is 6.08 Å². The Morgan fingerprint density at radius 3 is 3.00 bits per heavy atom. The van der Waals surface area contributed by atoms with Gasteiger partial charge in [-0.1, -0.05) is 30.9 Å². The predicted octanol–water partition coefficient (Wildman–Crippen LogP) is 2.67. The van der Waals surface area contributed by atoms with E-state index in [1.54, 1.807) is 12.3 Å². The van der Waals surface area contributed by atoms with E-state index in [0.717, 1.165) is 16.8 Å². The first kappa shape index (κ1) is 7.80. The van der Waals surface area contributed by atoms with Crippen molar-refractivity contribution < 1.29 is 0 Å². The largest absolute Gasteiger partial charge is 0.278 e. The van der Waals surface area contributed by atoms with E-state index in [4.69, 9.17) is 0 Å². The molecule has 13 heavy (non-hydrogen) atoms. The van der Waals surface area contributed by atoms with Crippen molar-refractivity contribution in [3.8, 4) is 0 Å². The van der Waals surface area contributed by atoms with Crippen molar-refractivity contribution in [3.05, 3.63) is 48.1 Å². The Morgan fingerprint density at radius 2 is 2.15 bits per heavy atom. The zero-order valence-electron chi connectivity index (χ0n) is 7.20. The van der Waals surface area contributed by atoms with Gasteiger partial charge in [0.05, 0.1) is 11.9 Å². The Hall–Kier alpha value is -1.83. The molecule has 0 radical (unpaired) electrons. The Morgan fingerprint density at radius 1 is 1.31 bits per heavy atom. The fraction of sp³-hybridized carbons (Fsp3) is 0. The van der Waals surface area contributed by atoms with Gasteiger partial charge in [0.15, 0.2) is 0 Å². The lowest BCUT2D eigenvalue weighted by atomic mass is 10.1. The van der Waals surface area contributed by atoms with Gasteiger partial charge in [0.25, 0.3) is 0 Å². The minimum Gasteiger partial charge on any atom is -0.278 e. The first-order valence-electron chi connectivity index (χ1n) is 4.12. The van der Waals surface area contributed by atoms with E-state index >= 15 is 0 Å². The average molecular weight is 170 g/mol. The lowest BCUT2D eigenvalue weighted by Gasteiger charge is -2.01.